The summed E-state index contributed by atoms with van der Waals surface area (Å²) in [4.78, 5) is 24.6. The fourth-order valence-electron chi connectivity index (χ4n) is 2.38. The molecule has 0 saturated carbocycles. The SMILES string of the molecule is COc1ccc(F)cc1C(=O)COC(=O)c1cc(S(=O)(=O)N(C)C)ccc1C. The zero-order valence-electron chi connectivity index (χ0n) is 15.9. The highest BCUT2D eigenvalue weighted by Crippen LogP contribution is 2.21. The summed E-state index contributed by atoms with van der Waals surface area (Å²) < 4.78 is 48.9. The second kappa shape index (κ2) is 8.49. The summed E-state index contributed by atoms with van der Waals surface area (Å²) in [6.45, 7) is 0.961. The molecule has 0 fully saturated rings. The lowest BCUT2D eigenvalue weighted by molar-refractivity contribution is 0.0473. The van der Waals surface area contributed by atoms with Gasteiger partial charge in [-0.2, -0.15) is 0 Å². The number of nitrogens with zero attached hydrogens (tertiary/aromatic N) is 1. The second-order valence-electron chi connectivity index (χ2n) is 6.11. The molecule has 0 amide bonds. The quantitative estimate of drug-likeness (QED) is 0.515. The van der Waals surface area contributed by atoms with Crippen LogP contribution >= 0.6 is 0 Å². The molecule has 2 aromatic rings. The van der Waals surface area contributed by atoms with Crippen molar-refractivity contribution in [3.63, 3.8) is 0 Å². The van der Waals surface area contributed by atoms with Gasteiger partial charge in [0.2, 0.25) is 15.8 Å². The summed E-state index contributed by atoms with van der Waals surface area (Å²) in [6, 6.07) is 7.48. The number of benzene rings is 2. The molecule has 0 spiro atoms. The summed E-state index contributed by atoms with van der Waals surface area (Å²) in [5, 5.41) is 0. The second-order valence-corrected chi connectivity index (χ2v) is 8.26. The number of ether oxygens (including phenoxy) is 2. The molecule has 0 aromatic heterocycles. The van der Waals surface area contributed by atoms with E-state index in [1.54, 1.807) is 6.92 Å². The molecule has 9 heteroatoms. The third-order valence-electron chi connectivity index (χ3n) is 4.00. The van der Waals surface area contributed by atoms with Gasteiger partial charge in [0, 0.05) is 14.1 Å². The molecule has 0 atom stereocenters. The highest BCUT2D eigenvalue weighted by atomic mass is 32.2. The lowest BCUT2D eigenvalue weighted by atomic mass is 10.1. The molecule has 2 rings (SSSR count). The van der Waals surface area contributed by atoms with Crippen molar-refractivity contribution in [1.29, 1.82) is 0 Å². The van der Waals surface area contributed by atoms with E-state index >= 15 is 0 Å². The summed E-state index contributed by atoms with van der Waals surface area (Å²) in [5.41, 5.74) is 0.441. The van der Waals surface area contributed by atoms with Gasteiger partial charge in [0.25, 0.3) is 0 Å². The van der Waals surface area contributed by atoms with Crippen LogP contribution in [0.3, 0.4) is 0 Å². The standard InChI is InChI=1S/C19H20FNO6S/c1-12-5-7-14(28(24,25)21(2)3)10-15(12)19(23)27-11-17(22)16-9-13(20)6-8-18(16)26-4/h5-10H,11H2,1-4H3. The summed E-state index contributed by atoms with van der Waals surface area (Å²) in [7, 11) is 0.339. The van der Waals surface area contributed by atoms with Gasteiger partial charge in [0.1, 0.15) is 11.6 Å². The predicted molar refractivity (Wildman–Crippen MR) is 99.6 cm³/mol. The van der Waals surface area contributed by atoms with Crippen LogP contribution in [-0.2, 0) is 14.8 Å². The first-order chi connectivity index (χ1) is 13.1. The first kappa shape index (κ1) is 21.5. The van der Waals surface area contributed by atoms with Crippen molar-refractivity contribution in [3.8, 4) is 5.75 Å². The van der Waals surface area contributed by atoms with Crippen molar-refractivity contribution in [2.75, 3.05) is 27.8 Å². The van der Waals surface area contributed by atoms with E-state index in [1.165, 1.54) is 45.5 Å². The van der Waals surface area contributed by atoms with Gasteiger partial charge in [0.05, 0.1) is 23.1 Å². The molecule has 0 N–H and O–H groups in total. The number of carbonyl (C=O) groups is 2. The van der Waals surface area contributed by atoms with Crippen LogP contribution in [0.5, 0.6) is 5.75 Å². The Hall–Kier alpha value is -2.78. The number of hydrogen-bond donors (Lipinski definition) is 0. The molecule has 0 aliphatic carbocycles. The molecule has 0 aliphatic rings. The molecule has 150 valence electrons. The van der Waals surface area contributed by atoms with Crippen LogP contribution in [0.15, 0.2) is 41.3 Å². The van der Waals surface area contributed by atoms with Gasteiger partial charge in [-0.15, -0.1) is 0 Å². The Morgan fingerprint density at radius 3 is 2.36 bits per heavy atom. The van der Waals surface area contributed by atoms with Crippen LogP contribution in [0.1, 0.15) is 26.3 Å². The van der Waals surface area contributed by atoms with Gasteiger partial charge in [-0.1, -0.05) is 6.07 Å². The topological polar surface area (TPSA) is 90.0 Å². The number of methoxy groups -OCH3 is 1. The van der Waals surface area contributed by atoms with E-state index < -0.39 is 34.2 Å². The van der Waals surface area contributed by atoms with E-state index in [0.29, 0.717) is 5.56 Å². The van der Waals surface area contributed by atoms with Crippen molar-refractivity contribution >= 4 is 21.8 Å². The smallest absolute Gasteiger partial charge is 0.338 e. The van der Waals surface area contributed by atoms with Crippen molar-refractivity contribution in [1.82, 2.24) is 4.31 Å². The summed E-state index contributed by atoms with van der Waals surface area (Å²) in [5.74, 6) is -2.00. The molecule has 0 aliphatic heterocycles. The number of sulfonamides is 1. The van der Waals surface area contributed by atoms with Gasteiger partial charge in [0.15, 0.2) is 6.61 Å². The van der Waals surface area contributed by atoms with E-state index in [1.807, 2.05) is 0 Å². The van der Waals surface area contributed by atoms with Gasteiger partial charge in [-0.3, -0.25) is 4.79 Å². The van der Waals surface area contributed by atoms with Crippen LogP contribution in [0.2, 0.25) is 0 Å². The zero-order valence-corrected chi connectivity index (χ0v) is 16.7. The molecular formula is C19H20FNO6S. The first-order valence-electron chi connectivity index (χ1n) is 8.15. The molecule has 2 aromatic carbocycles. The molecule has 7 nitrogen and oxygen atoms in total. The van der Waals surface area contributed by atoms with E-state index in [-0.39, 0.29) is 21.8 Å². The Morgan fingerprint density at radius 2 is 1.75 bits per heavy atom. The van der Waals surface area contributed by atoms with Crippen LogP contribution < -0.4 is 4.74 Å². The minimum Gasteiger partial charge on any atom is -0.496 e. The maximum Gasteiger partial charge on any atom is 0.338 e. The maximum atomic E-state index is 13.4. The molecule has 0 bridgehead atoms. The minimum atomic E-state index is -3.74. The van der Waals surface area contributed by atoms with Gasteiger partial charge in [-0.25, -0.2) is 21.9 Å². The van der Waals surface area contributed by atoms with Gasteiger partial charge < -0.3 is 9.47 Å². The van der Waals surface area contributed by atoms with Crippen LogP contribution in [-0.4, -0.2) is 52.3 Å². The number of ketones is 1. The van der Waals surface area contributed by atoms with E-state index in [4.69, 9.17) is 9.47 Å². The number of Topliss-reactive ketones (excluding diaryl/α,β-unsaturated/α-hetero) is 1. The Kier molecular flexibility index (Phi) is 6.52. The third-order valence-corrected chi connectivity index (χ3v) is 5.81. The van der Waals surface area contributed by atoms with E-state index in [2.05, 4.69) is 0 Å². The lowest BCUT2D eigenvalue weighted by Crippen LogP contribution is -2.23. The van der Waals surface area contributed by atoms with E-state index in [9.17, 15) is 22.4 Å². The van der Waals surface area contributed by atoms with Crippen molar-refractivity contribution in [2.45, 2.75) is 11.8 Å². The molecule has 0 radical (unpaired) electrons. The van der Waals surface area contributed by atoms with Gasteiger partial charge >= 0.3 is 5.97 Å². The lowest BCUT2D eigenvalue weighted by Gasteiger charge is -2.13. The molecule has 28 heavy (non-hydrogen) atoms. The highest BCUT2D eigenvalue weighted by molar-refractivity contribution is 7.89. The van der Waals surface area contributed by atoms with Crippen LogP contribution in [0.4, 0.5) is 4.39 Å². The number of aryl methyl sites for hydroxylation is 1. The number of rotatable bonds is 7. The molecule has 0 saturated heterocycles. The van der Waals surface area contributed by atoms with Crippen molar-refractivity contribution in [3.05, 3.63) is 58.9 Å². The van der Waals surface area contributed by atoms with Gasteiger partial charge in [-0.05, 0) is 42.8 Å². The normalized spacial score (nSPS) is 11.4. The van der Waals surface area contributed by atoms with E-state index in [0.717, 1.165) is 16.4 Å². The van der Waals surface area contributed by atoms with Crippen molar-refractivity contribution in [2.24, 2.45) is 0 Å². The number of carbonyl (C=O) groups excluding carboxylic acids is 2. The minimum absolute atomic E-state index is 0.0157. The largest absolute Gasteiger partial charge is 0.496 e. The highest BCUT2D eigenvalue weighted by Gasteiger charge is 2.22. The summed E-state index contributed by atoms with van der Waals surface area (Å²) >= 11 is 0. The molecular weight excluding hydrogens is 389 g/mol. The third kappa shape index (κ3) is 4.55. The number of halogens is 1. The number of hydrogen-bond acceptors (Lipinski definition) is 6. The average Bonchev–Trinajstić information content (AvgIpc) is 2.65. The van der Waals surface area contributed by atoms with Crippen molar-refractivity contribution < 1.29 is 31.9 Å². The molecule has 0 heterocycles. The Morgan fingerprint density at radius 1 is 1.07 bits per heavy atom. The average molecular weight is 409 g/mol. The Balaban J connectivity index is 2.22. The zero-order chi connectivity index (χ0) is 21.1. The molecule has 0 unspecified atom stereocenters. The Labute approximate surface area is 162 Å². The monoisotopic (exact) mass is 409 g/mol. The van der Waals surface area contributed by atoms with Crippen LogP contribution in [0.25, 0.3) is 0 Å². The maximum absolute atomic E-state index is 13.4. The first-order valence-corrected chi connectivity index (χ1v) is 9.59. The number of esters is 1. The summed E-state index contributed by atoms with van der Waals surface area (Å²) in [6.07, 6.45) is 0. The van der Waals surface area contributed by atoms with Crippen LogP contribution in [0, 0.1) is 12.7 Å². The fourth-order valence-corrected chi connectivity index (χ4v) is 3.31. The predicted octanol–water partition coefficient (Wildman–Crippen LogP) is 2.43. The Bertz CT molecular complexity index is 1020. The fraction of sp³-hybridized carbons (Fsp3) is 0.263.